The van der Waals surface area contributed by atoms with Crippen molar-refractivity contribution in [3.8, 4) is 0 Å². The zero-order valence-electron chi connectivity index (χ0n) is 9.25. The Morgan fingerprint density at radius 2 is 2.29 bits per heavy atom. The topological polar surface area (TPSA) is 60.2 Å². The first-order valence-electron chi connectivity index (χ1n) is 4.92. The van der Waals surface area contributed by atoms with E-state index in [-0.39, 0.29) is 12.6 Å². The average Bonchev–Trinajstić information content (AvgIpc) is 2.60. The number of rotatable bonds is 6. The van der Waals surface area contributed by atoms with Gasteiger partial charge in [0.25, 0.3) is 0 Å². The number of hydrogen-bond donors (Lipinski definition) is 2. The quantitative estimate of drug-likeness (QED) is 0.605. The summed E-state index contributed by atoms with van der Waals surface area (Å²) in [5.41, 5.74) is 3.31. The van der Waals surface area contributed by atoms with E-state index in [9.17, 15) is 13.2 Å². The van der Waals surface area contributed by atoms with E-state index >= 15 is 0 Å². The molecule has 0 spiro atoms. The van der Waals surface area contributed by atoms with Crippen LogP contribution in [0.4, 0.5) is 13.2 Å². The van der Waals surface area contributed by atoms with Gasteiger partial charge in [0.1, 0.15) is 6.61 Å². The second-order valence-electron chi connectivity index (χ2n) is 3.58. The molecule has 0 bridgehead atoms. The number of nitrogens with two attached hydrogens (primary N) is 1. The van der Waals surface area contributed by atoms with Crippen molar-refractivity contribution in [2.75, 3.05) is 13.2 Å². The van der Waals surface area contributed by atoms with Gasteiger partial charge in [0.05, 0.1) is 17.7 Å². The summed E-state index contributed by atoms with van der Waals surface area (Å²) in [7, 11) is 0. The van der Waals surface area contributed by atoms with Crippen LogP contribution in [0.5, 0.6) is 0 Å². The third kappa shape index (κ3) is 5.97. The number of nitrogens with zero attached hydrogens (tertiary/aromatic N) is 1. The number of hydrogen-bond acceptors (Lipinski definition) is 5. The van der Waals surface area contributed by atoms with Gasteiger partial charge in [-0.15, -0.1) is 11.3 Å². The standard InChI is InChI=1S/C9H14F3N3OS/c1-6-4-17-8(14-6)2-7(15-13)3-16-5-9(10,11)12/h4,7,15H,2-3,5,13H2,1H3. The van der Waals surface area contributed by atoms with E-state index in [0.29, 0.717) is 6.42 Å². The maximum absolute atomic E-state index is 11.9. The van der Waals surface area contributed by atoms with Crippen LogP contribution >= 0.6 is 11.3 Å². The average molecular weight is 269 g/mol. The van der Waals surface area contributed by atoms with Crippen LogP contribution in [-0.4, -0.2) is 30.4 Å². The van der Waals surface area contributed by atoms with E-state index in [1.54, 1.807) is 0 Å². The van der Waals surface area contributed by atoms with Crippen LogP contribution < -0.4 is 11.3 Å². The van der Waals surface area contributed by atoms with Gasteiger partial charge in [0.2, 0.25) is 0 Å². The van der Waals surface area contributed by atoms with Gasteiger partial charge < -0.3 is 4.74 Å². The van der Waals surface area contributed by atoms with Crippen LogP contribution in [0.25, 0.3) is 0 Å². The second kappa shape index (κ2) is 6.29. The highest BCUT2D eigenvalue weighted by molar-refractivity contribution is 7.09. The first kappa shape index (κ1) is 14.4. The lowest BCUT2D eigenvalue weighted by atomic mass is 10.2. The molecule has 4 nitrogen and oxygen atoms in total. The molecule has 0 aliphatic carbocycles. The maximum Gasteiger partial charge on any atom is 0.411 e. The summed E-state index contributed by atoms with van der Waals surface area (Å²) < 4.78 is 40.1. The van der Waals surface area contributed by atoms with Gasteiger partial charge in [0.15, 0.2) is 0 Å². The number of halogens is 3. The Kier molecular flexibility index (Phi) is 5.31. The molecule has 8 heteroatoms. The molecule has 3 N–H and O–H groups in total. The van der Waals surface area contributed by atoms with Gasteiger partial charge in [-0.25, -0.2) is 4.98 Å². The fourth-order valence-electron chi connectivity index (χ4n) is 1.19. The van der Waals surface area contributed by atoms with E-state index in [4.69, 9.17) is 5.84 Å². The molecule has 0 saturated heterocycles. The summed E-state index contributed by atoms with van der Waals surface area (Å²) in [6.07, 6.45) is -3.86. The molecule has 1 rings (SSSR count). The number of alkyl halides is 3. The highest BCUT2D eigenvalue weighted by Gasteiger charge is 2.27. The molecular weight excluding hydrogens is 255 g/mol. The normalized spacial score (nSPS) is 13.9. The van der Waals surface area contributed by atoms with Crippen LogP contribution in [0.2, 0.25) is 0 Å². The maximum atomic E-state index is 11.9. The van der Waals surface area contributed by atoms with Crippen molar-refractivity contribution in [2.24, 2.45) is 5.84 Å². The molecule has 0 aromatic carbocycles. The molecule has 0 aliphatic heterocycles. The minimum Gasteiger partial charge on any atom is -0.370 e. The van der Waals surface area contributed by atoms with Gasteiger partial charge in [-0.2, -0.15) is 13.2 Å². The number of hydrazine groups is 1. The number of thiazole rings is 1. The number of ether oxygens (including phenoxy) is 1. The molecule has 0 amide bonds. The number of aryl methyl sites for hydroxylation is 1. The van der Waals surface area contributed by atoms with Gasteiger partial charge in [-0.3, -0.25) is 11.3 Å². The van der Waals surface area contributed by atoms with Crippen molar-refractivity contribution in [3.05, 3.63) is 16.1 Å². The summed E-state index contributed by atoms with van der Waals surface area (Å²) in [5, 5.41) is 2.69. The molecule has 0 aliphatic rings. The van der Waals surface area contributed by atoms with Crippen molar-refractivity contribution in [1.29, 1.82) is 0 Å². The van der Waals surface area contributed by atoms with Gasteiger partial charge in [-0.05, 0) is 6.92 Å². The Morgan fingerprint density at radius 3 is 2.76 bits per heavy atom. The summed E-state index contributed by atoms with van der Waals surface area (Å²) in [4.78, 5) is 4.20. The summed E-state index contributed by atoms with van der Waals surface area (Å²) in [6, 6.07) is -0.372. The first-order valence-corrected chi connectivity index (χ1v) is 5.80. The van der Waals surface area contributed by atoms with Crippen molar-refractivity contribution in [3.63, 3.8) is 0 Å². The monoisotopic (exact) mass is 269 g/mol. The fourth-order valence-corrected chi connectivity index (χ4v) is 2.04. The molecule has 0 fully saturated rings. The fraction of sp³-hybridized carbons (Fsp3) is 0.667. The highest BCUT2D eigenvalue weighted by Crippen LogP contribution is 2.15. The van der Waals surface area contributed by atoms with Crippen molar-refractivity contribution in [2.45, 2.75) is 25.6 Å². The lowest BCUT2D eigenvalue weighted by molar-refractivity contribution is -0.175. The second-order valence-corrected chi connectivity index (χ2v) is 4.52. The zero-order chi connectivity index (χ0) is 12.9. The van der Waals surface area contributed by atoms with Crippen molar-refractivity contribution in [1.82, 2.24) is 10.4 Å². The van der Waals surface area contributed by atoms with E-state index in [0.717, 1.165) is 10.7 Å². The van der Waals surface area contributed by atoms with Crippen molar-refractivity contribution >= 4 is 11.3 Å². The minimum absolute atomic E-state index is 0.103. The Morgan fingerprint density at radius 1 is 1.59 bits per heavy atom. The lowest BCUT2D eigenvalue weighted by Gasteiger charge is -2.15. The molecule has 1 atom stereocenters. The van der Waals surface area contributed by atoms with Gasteiger partial charge in [-0.1, -0.05) is 0 Å². The lowest BCUT2D eigenvalue weighted by Crippen LogP contribution is -2.41. The van der Waals surface area contributed by atoms with Crippen LogP contribution in [0.3, 0.4) is 0 Å². The predicted molar refractivity (Wildman–Crippen MR) is 58.5 cm³/mol. The summed E-state index contributed by atoms with van der Waals surface area (Å²) in [5.74, 6) is 5.24. The van der Waals surface area contributed by atoms with E-state index < -0.39 is 12.8 Å². The highest BCUT2D eigenvalue weighted by atomic mass is 32.1. The number of aromatic nitrogens is 1. The Balaban J connectivity index is 2.34. The Labute approximate surface area is 101 Å². The molecule has 17 heavy (non-hydrogen) atoms. The molecule has 1 aromatic heterocycles. The SMILES string of the molecule is Cc1csc(CC(COCC(F)(F)F)NN)n1. The summed E-state index contributed by atoms with van der Waals surface area (Å²) >= 11 is 1.45. The number of nitrogens with one attached hydrogen (secondary N) is 1. The van der Waals surface area contributed by atoms with E-state index in [1.807, 2.05) is 12.3 Å². The molecular formula is C9H14F3N3OS. The van der Waals surface area contributed by atoms with E-state index in [2.05, 4.69) is 15.1 Å². The predicted octanol–water partition coefficient (Wildman–Crippen LogP) is 1.40. The van der Waals surface area contributed by atoms with E-state index in [1.165, 1.54) is 11.3 Å². The third-order valence-corrected chi connectivity index (χ3v) is 2.90. The van der Waals surface area contributed by atoms with Gasteiger partial charge >= 0.3 is 6.18 Å². The molecule has 1 heterocycles. The van der Waals surface area contributed by atoms with Crippen LogP contribution in [0.1, 0.15) is 10.7 Å². The van der Waals surface area contributed by atoms with Gasteiger partial charge in [0, 0.05) is 17.5 Å². The largest absolute Gasteiger partial charge is 0.411 e. The third-order valence-electron chi connectivity index (χ3n) is 1.91. The van der Waals surface area contributed by atoms with Crippen LogP contribution in [0.15, 0.2) is 5.38 Å². The molecule has 1 aromatic rings. The molecule has 0 saturated carbocycles. The van der Waals surface area contributed by atoms with Crippen LogP contribution in [-0.2, 0) is 11.2 Å². The molecule has 1 unspecified atom stereocenters. The van der Waals surface area contributed by atoms with Crippen molar-refractivity contribution < 1.29 is 17.9 Å². The smallest absolute Gasteiger partial charge is 0.370 e. The Hall–Kier alpha value is -0.700. The minimum atomic E-state index is -4.31. The Bertz CT molecular complexity index is 342. The summed E-state index contributed by atoms with van der Waals surface area (Å²) in [6.45, 7) is 0.488. The van der Waals surface area contributed by atoms with Crippen LogP contribution in [0, 0.1) is 6.92 Å². The first-order chi connectivity index (χ1) is 7.90. The zero-order valence-corrected chi connectivity index (χ0v) is 10.1. The molecule has 98 valence electrons. The molecule has 0 radical (unpaired) electrons.